The Bertz CT molecular complexity index is 3250. The lowest BCUT2D eigenvalue weighted by atomic mass is 9.91. The van der Waals surface area contributed by atoms with E-state index >= 15 is 0 Å². The van der Waals surface area contributed by atoms with Crippen LogP contribution in [0.4, 0.5) is 17.2 Å². The zero-order chi connectivity index (χ0) is 54.0. The summed E-state index contributed by atoms with van der Waals surface area (Å²) >= 11 is 0. The van der Waals surface area contributed by atoms with Crippen molar-refractivity contribution < 1.29 is 38.5 Å². The lowest BCUT2D eigenvalue weighted by Crippen LogP contribution is -2.54. The van der Waals surface area contributed by atoms with Crippen molar-refractivity contribution in [1.29, 1.82) is 0 Å². The van der Waals surface area contributed by atoms with Crippen molar-refractivity contribution in [3.63, 3.8) is 0 Å². The fraction of sp³-hybridized carbons (Fsp3) is 0.379. The molecule has 4 aliphatic rings. The maximum absolute atomic E-state index is 14.2. The maximum Gasteiger partial charge on any atom is 0.254 e. The number of β-amino-alcohol motifs (C(OH)–C–C–N with tert-alkyl or cyclic N) is 1. The van der Waals surface area contributed by atoms with Gasteiger partial charge in [-0.05, 0) is 104 Å². The molecule has 5 N–H and O–H groups in total. The largest absolute Gasteiger partial charge is 0.507 e. The summed E-state index contributed by atoms with van der Waals surface area (Å²) in [6, 6.07) is 25.7. The highest BCUT2D eigenvalue weighted by Crippen LogP contribution is 2.41. The minimum atomic E-state index is -0.856. The van der Waals surface area contributed by atoms with Crippen molar-refractivity contribution in [3.8, 4) is 40.2 Å². The average molecular weight is 1060 g/mol. The SMILES string of the molecule is Cc1nccn1-c1ccc([C@H](C)NC(=O)[C@@H]2C[C@@H](O)CN2C(=O)[C@@H](c2cc(OC/C=C/c3ccc(O[C@H]4C[C@H](Oc5cc(N6C7CCC6CN(c6cc(-c8ccccc8O)nnc6N)C7)ccn5)C4)cn3)no2)C(C)C)cc1. The predicted octanol–water partition coefficient (Wildman–Crippen LogP) is 7.22. The summed E-state index contributed by atoms with van der Waals surface area (Å²) in [5.41, 5.74) is 12.1. The number of phenolic OH excluding ortho intramolecular Hbond substituents is 1. The number of phenols is 1. The number of nitrogens with two attached hydrogens (primary N) is 1. The highest BCUT2D eigenvalue weighted by Gasteiger charge is 2.44. The Morgan fingerprint density at radius 3 is 2.37 bits per heavy atom. The second-order valence-corrected chi connectivity index (χ2v) is 21.0. The van der Waals surface area contributed by atoms with Gasteiger partial charge in [-0.15, -0.1) is 10.2 Å². The van der Waals surface area contributed by atoms with Gasteiger partial charge in [-0.2, -0.15) is 0 Å². The van der Waals surface area contributed by atoms with Crippen LogP contribution >= 0.6 is 0 Å². The number of nitrogens with one attached hydrogen (secondary N) is 1. The Morgan fingerprint density at radius 2 is 1.64 bits per heavy atom. The Hall–Kier alpha value is -8.52. The van der Waals surface area contributed by atoms with Gasteiger partial charge in [0.1, 0.15) is 48.1 Å². The molecule has 404 valence electrons. The van der Waals surface area contributed by atoms with Crippen LogP contribution in [0.3, 0.4) is 0 Å². The number of aliphatic hydroxyl groups excluding tert-OH is 1. The molecule has 7 aromatic rings. The molecule has 4 fully saturated rings. The number of pyridine rings is 2. The Labute approximate surface area is 451 Å². The number of anilines is 3. The standard InChI is InChI=1S/C58H64N12O8/c1-34(2)55(58(74)69-33-43(71)25-50(69)57(73)63-35(3)37-11-14-39(15-12-37)68-22-21-60-36(68)4)52-29-54(66-78-52)75-23-7-8-38-13-18-44(30-62-38)76-45-26-46(27-45)77-53-24-40(19-20-61-53)70-41-16-17-42(70)32-67(31-41)49-28-48(64-65-56(49)59)47-9-5-6-10-51(47)72/h5-15,18-22,24,28-30,34-35,41-43,45-46,50,55,71-72H,16-17,23,25-27,31-33H2,1-4H3,(H2,59,65)(H,63,73)/b8-7+/t35-,41?,42?,43+,45-,46-,50-,55+/m0/s1. The van der Waals surface area contributed by atoms with Gasteiger partial charge in [0.25, 0.3) is 5.88 Å². The second-order valence-electron chi connectivity index (χ2n) is 21.0. The van der Waals surface area contributed by atoms with Crippen LogP contribution < -0.4 is 35.1 Å². The lowest BCUT2D eigenvalue weighted by molar-refractivity contribution is -0.141. The first kappa shape index (κ1) is 51.6. The first-order chi connectivity index (χ1) is 37.8. The molecule has 6 atom stereocenters. The zero-order valence-electron chi connectivity index (χ0n) is 44.0. The molecule has 8 heterocycles. The number of carbonyl (C=O) groups is 2. The highest BCUT2D eigenvalue weighted by atomic mass is 16.5. The molecule has 1 saturated carbocycles. The van der Waals surface area contributed by atoms with Gasteiger partial charge >= 0.3 is 0 Å². The van der Waals surface area contributed by atoms with Crippen molar-refractivity contribution >= 4 is 35.1 Å². The van der Waals surface area contributed by atoms with Crippen LogP contribution in [-0.4, -0.2) is 124 Å². The van der Waals surface area contributed by atoms with E-state index in [9.17, 15) is 19.8 Å². The first-order valence-electron chi connectivity index (χ1n) is 26.7. The number of para-hydroxylation sites is 1. The van der Waals surface area contributed by atoms with E-state index in [1.165, 1.54) is 4.90 Å². The quantitative estimate of drug-likeness (QED) is 0.0662. The minimum absolute atomic E-state index is 0.0110. The first-order valence-corrected chi connectivity index (χ1v) is 26.7. The number of likely N-dealkylation sites (tertiary alicyclic amines) is 1. The number of piperazine rings is 1. The number of fused-ring (bicyclic) bond motifs is 2. The van der Waals surface area contributed by atoms with Crippen molar-refractivity contribution in [2.75, 3.05) is 41.8 Å². The van der Waals surface area contributed by atoms with Gasteiger partial charge in [0.05, 0.1) is 35.4 Å². The normalized spacial score (nSPS) is 21.6. The minimum Gasteiger partial charge on any atom is -0.507 e. The topological polar surface area (TPSA) is 245 Å². The van der Waals surface area contributed by atoms with Gasteiger partial charge < -0.3 is 59.3 Å². The summed E-state index contributed by atoms with van der Waals surface area (Å²) in [6.45, 7) is 9.36. The van der Waals surface area contributed by atoms with Crippen LogP contribution in [0.25, 0.3) is 23.0 Å². The van der Waals surface area contributed by atoms with Crippen molar-refractivity contribution in [3.05, 3.63) is 139 Å². The summed E-state index contributed by atoms with van der Waals surface area (Å²) in [4.78, 5) is 47.5. The third-order valence-corrected chi connectivity index (χ3v) is 15.3. The number of imidazole rings is 1. The van der Waals surface area contributed by atoms with Crippen molar-refractivity contribution in [2.24, 2.45) is 5.92 Å². The van der Waals surface area contributed by atoms with Gasteiger partial charge in [-0.1, -0.05) is 38.1 Å². The van der Waals surface area contributed by atoms with E-state index in [-0.39, 0.29) is 79.3 Å². The molecule has 2 unspecified atom stereocenters. The van der Waals surface area contributed by atoms with Crippen LogP contribution in [0.2, 0.25) is 0 Å². The fourth-order valence-electron chi connectivity index (χ4n) is 11.2. The molecule has 11 rings (SSSR count). The van der Waals surface area contributed by atoms with E-state index in [1.54, 1.807) is 36.7 Å². The number of amides is 2. The molecule has 2 aromatic carbocycles. The molecule has 3 saturated heterocycles. The van der Waals surface area contributed by atoms with Gasteiger partial charge in [0.15, 0.2) is 11.6 Å². The number of aliphatic hydroxyl groups is 1. The number of hydrogen-bond donors (Lipinski definition) is 4. The number of aromatic nitrogens is 7. The maximum atomic E-state index is 14.2. The molecule has 1 aliphatic carbocycles. The predicted molar refractivity (Wildman–Crippen MR) is 291 cm³/mol. The molecular weight excluding hydrogens is 993 g/mol. The van der Waals surface area contributed by atoms with Crippen molar-refractivity contribution in [1.82, 2.24) is 45.1 Å². The molecule has 2 amide bonds. The molecule has 0 radical (unpaired) electrons. The van der Waals surface area contributed by atoms with Gasteiger partial charge in [-0.25, -0.2) is 9.97 Å². The fourth-order valence-corrected chi connectivity index (χ4v) is 11.2. The smallest absolute Gasteiger partial charge is 0.254 e. The number of ether oxygens (including phenoxy) is 3. The molecule has 2 bridgehead atoms. The van der Waals surface area contributed by atoms with Crippen LogP contribution in [0.5, 0.6) is 23.3 Å². The zero-order valence-corrected chi connectivity index (χ0v) is 44.0. The number of aromatic hydroxyl groups is 1. The summed E-state index contributed by atoms with van der Waals surface area (Å²) in [6.07, 6.45) is 13.6. The molecule has 5 aromatic heterocycles. The second kappa shape index (κ2) is 22.2. The van der Waals surface area contributed by atoms with E-state index in [1.807, 2.05) is 111 Å². The van der Waals surface area contributed by atoms with Gasteiger partial charge in [-0.3, -0.25) is 14.6 Å². The van der Waals surface area contributed by atoms with E-state index < -0.39 is 18.1 Å². The molecule has 0 spiro atoms. The molecule has 3 aliphatic heterocycles. The number of benzene rings is 2. The number of nitrogen functional groups attached to an aromatic ring is 1. The number of nitrogens with zero attached hydrogens (tertiary/aromatic N) is 10. The highest BCUT2D eigenvalue weighted by molar-refractivity contribution is 5.91. The average Bonchev–Trinajstić information content (AvgIpc) is 4.28. The van der Waals surface area contributed by atoms with Gasteiger partial charge in [0.2, 0.25) is 17.7 Å². The van der Waals surface area contributed by atoms with E-state index in [2.05, 4.69) is 51.5 Å². The number of aryl methyl sites for hydroxylation is 1. The Balaban J connectivity index is 0.623. The van der Waals surface area contributed by atoms with Crippen LogP contribution in [0, 0.1) is 12.8 Å². The van der Waals surface area contributed by atoms with Crippen molar-refractivity contribution in [2.45, 2.75) is 108 Å². The van der Waals surface area contributed by atoms with Crippen LogP contribution in [0.1, 0.15) is 87.7 Å². The number of carbonyl (C=O) groups excluding carboxylic acids is 2. The molecule has 20 nitrogen and oxygen atoms in total. The van der Waals surface area contributed by atoms with Gasteiger partial charge in [0, 0.05) is 98.6 Å². The van der Waals surface area contributed by atoms with E-state index in [0.717, 1.165) is 67.2 Å². The summed E-state index contributed by atoms with van der Waals surface area (Å²) in [5, 5.41) is 36.8. The number of rotatable bonds is 18. The van der Waals surface area contributed by atoms with E-state index in [0.29, 0.717) is 40.2 Å². The molecule has 20 heteroatoms. The van der Waals surface area contributed by atoms with Crippen LogP contribution in [0.15, 0.2) is 120 Å². The molecule has 78 heavy (non-hydrogen) atoms. The number of hydrogen-bond acceptors (Lipinski definition) is 17. The third kappa shape index (κ3) is 11.0. The van der Waals surface area contributed by atoms with Crippen LogP contribution in [-0.2, 0) is 9.59 Å². The molecular formula is C58H64N12O8. The van der Waals surface area contributed by atoms with E-state index in [4.69, 9.17) is 24.5 Å². The summed E-state index contributed by atoms with van der Waals surface area (Å²) in [5.74, 6) is 1.53. The lowest BCUT2D eigenvalue weighted by Gasteiger charge is -2.43. The summed E-state index contributed by atoms with van der Waals surface area (Å²) in [7, 11) is 0. The third-order valence-electron chi connectivity index (χ3n) is 15.3. The summed E-state index contributed by atoms with van der Waals surface area (Å²) < 4.78 is 26.1. The monoisotopic (exact) mass is 1060 g/mol. The Kier molecular flexibility index (Phi) is 14.7. The Morgan fingerprint density at radius 1 is 0.859 bits per heavy atom.